The van der Waals surface area contributed by atoms with E-state index in [2.05, 4.69) is 26.1 Å². The highest BCUT2D eigenvalue weighted by Gasteiger charge is 2.52. The molecule has 0 bridgehead atoms. The number of primary amides is 1. The van der Waals surface area contributed by atoms with Crippen LogP contribution in [0.25, 0.3) is 0 Å². The first kappa shape index (κ1) is 13.8. The molecule has 1 unspecified atom stereocenters. The lowest BCUT2D eigenvalue weighted by molar-refractivity contribution is -0.132. The summed E-state index contributed by atoms with van der Waals surface area (Å²) in [6, 6.07) is 0.464. The van der Waals surface area contributed by atoms with Gasteiger partial charge >= 0.3 is 0 Å². The first-order valence-corrected chi connectivity index (χ1v) is 7.11. The van der Waals surface area contributed by atoms with E-state index in [4.69, 9.17) is 10.5 Å². The zero-order valence-electron chi connectivity index (χ0n) is 11.8. The second kappa shape index (κ2) is 4.82. The summed E-state index contributed by atoms with van der Waals surface area (Å²) in [5, 5.41) is 3.46. The fourth-order valence-electron chi connectivity index (χ4n) is 2.20. The Kier molecular flexibility index (Phi) is 3.70. The highest BCUT2D eigenvalue weighted by molar-refractivity contribution is 5.86. The predicted octanol–water partition coefficient (Wildman–Crippen LogP) is 1.58. The molecule has 2 aliphatic carbocycles. The van der Waals surface area contributed by atoms with Crippen molar-refractivity contribution in [2.45, 2.75) is 70.1 Å². The summed E-state index contributed by atoms with van der Waals surface area (Å²) in [5.41, 5.74) is 4.85. The Bertz CT molecular complexity index is 322. The van der Waals surface area contributed by atoms with Gasteiger partial charge in [-0.1, -0.05) is 6.92 Å². The van der Waals surface area contributed by atoms with Crippen LogP contribution in [0.4, 0.5) is 0 Å². The molecule has 1 amide bonds. The fourth-order valence-corrected chi connectivity index (χ4v) is 2.20. The minimum absolute atomic E-state index is 0.194. The number of rotatable bonds is 8. The van der Waals surface area contributed by atoms with Crippen LogP contribution >= 0.6 is 0 Å². The summed E-state index contributed by atoms with van der Waals surface area (Å²) >= 11 is 0. The van der Waals surface area contributed by atoms with E-state index in [-0.39, 0.29) is 11.5 Å². The molecule has 2 rings (SSSR count). The average molecular weight is 254 g/mol. The molecule has 1 atom stereocenters. The minimum Gasteiger partial charge on any atom is -0.373 e. The van der Waals surface area contributed by atoms with Gasteiger partial charge in [0.1, 0.15) is 5.54 Å². The highest BCUT2D eigenvalue weighted by Crippen LogP contribution is 2.42. The summed E-state index contributed by atoms with van der Waals surface area (Å²) in [6.07, 6.45) is 5.39. The van der Waals surface area contributed by atoms with E-state index in [1.165, 1.54) is 0 Å². The molecule has 4 heteroatoms. The maximum atomic E-state index is 12.0. The van der Waals surface area contributed by atoms with Crippen LogP contribution in [0.15, 0.2) is 0 Å². The zero-order valence-corrected chi connectivity index (χ0v) is 11.8. The van der Waals surface area contributed by atoms with E-state index in [1.54, 1.807) is 0 Å². The molecule has 0 aromatic rings. The van der Waals surface area contributed by atoms with E-state index in [9.17, 15) is 4.79 Å². The molecule has 2 saturated carbocycles. The van der Waals surface area contributed by atoms with Gasteiger partial charge in [-0.05, 0) is 51.9 Å². The molecule has 0 heterocycles. The normalized spacial score (nSPS) is 23.7. The van der Waals surface area contributed by atoms with E-state index in [0.717, 1.165) is 32.1 Å². The van der Waals surface area contributed by atoms with Crippen LogP contribution in [0.1, 0.15) is 52.9 Å². The summed E-state index contributed by atoms with van der Waals surface area (Å²) in [7, 11) is 0. The molecule has 18 heavy (non-hydrogen) atoms. The lowest BCUT2D eigenvalue weighted by Crippen LogP contribution is -2.62. The van der Waals surface area contributed by atoms with Gasteiger partial charge < -0.3 is 10.5 Å². The minimum atomic E-state index is -0.631. The fraction of sp³-hybridized carbons (Fsp3) is 0.929. The summed E-state index contributed by atoms with van der Waals surface area (Å²) in [5.74, 6) is 0.118. The lowest BCUT2D eigenvalue weighted by Gasteiger charge is -2.35. The molecule has 2 fully saturated rings. The van der Waals surface area contributed by atoms with E-state index in [0.29, 0.717) is 18.6 Å². The van der Waals surface area contributed by atoms with Gasteiger partial charge in [0.15, 0.2) is 0 Å². The number of hydrogen-bond donors (Lipinski definition) is 2. The Labute approximate surface area is 110 Å². The monoisotopic (exact) mass is 254 g/mol. The Morgan fingerprint density at radius 3 is 2.33 bits per heavy atom. The van der Waals surface area contributed by atoms with Gasteiger partial charge in [0, 0.05) is 6.04 Å². The first-order valence-electron chi connectivity index (χ1n) is 7.11. The topological polar surface area (TPSA) is 64.3 Å². The van der Waals surface area contributed by atoms with Crippen molar-refractivity contribution in [3.8, 4) is 0 Å². The second-order valence-electron chi connectivity index (χ2n) is 6.43. The van der Waals surface area contributed by atoms with Crippen molar-refractivity contribution in [3.05, 3.63) is 0 Å². The largest absolute Gasteiger partial charge is 0.373 e. The molecule has 0 saturated heterocycles. The van der Waals surface area contributed by atoms with Crippen LogP contribution < -0.4 is 11.1 Å². The standard InChI is InChI=1S/C14H26N2O2/c1-4-13(2,3)18-9-14(12(15)17,10-5-6-10)16-11-7-8-11/h10-11,16H,4-9H2,1-3H3,(H2,15,17). The number of nitrogens with one attached hydrogen (secondary N) is 1. The van der Waals surface area contributed by atoms with E-state index < -0.39 is 5.54 Å². The molecular formula is C14H26N2O2. The summed E-state index contributed by atoms with van der Waals surface area (Å²) in [6.45, 7) is 6.62. The molecule has 0 spiro atoms. The Hall–Kier alpha value is -0.610. The van der Waals surface area contributed by atoms with Crippen molar-refractivity contribution in [1.29, 1.82) is 0 Å². The first-order chi connectivity index (χ1) is 8.39. The van der Waals surface area contributed by atoms with Crippen LogP contribution in [0.3, 0.4) is 0 Å². The smallest absolute Gasteiger partial charge is 0.240 e. The third-order valence-electron chi connectivity index (χ3n) is 4.30. The number of ether oxygens (including phenoxy) is 1. The molecule has 0 radical (unpaired) electrons. The number of carbonyl (C=O) groups is 1. The number of hydrogen-bond acceptors (Lipinski definition) is 3. The van der Waals surface area contributed by atoms with Gasteiger partial charge in [-0.25, -0.2) is 0 Å². The number of nitrogens with two attached hydrogens (primary N) is 1. The van der Waals surface area contributed by atoms with Crippen molar-refractivity contribution < 1.29 is 9.53 Å². The molecule has 2 aliphatic rings. The van der Waals surface area contributed by atoms with Crippen molar-refractivity contribution in [2.24, 2.45) is 11.7 Å². The molecule has 0 aliphatic heterocycles. The van der Waals surface area contributed by atoms with Crippen molar-refractivity contribution >= 4 is 5.91 Å². The van der Waals surface area contributed by atoms with E-state index in [1.807, 2.05) is 0 Å². The summed E-state index contributed by atoms with van der Waals surface area (Å²) < 4.78 is 5.97. The molecule has 104 valence electrons. The van der Waals surface area contributed by atoms with Gasteiger partial charge in [-0.2, -0.15) is 0 Å². The van der Waals surface area contributed by atoms with Gasteiger partial charge in [-0.15, -0.1) is 0 Å². The lowest BCUT2D eigenvalue weighted by atomic mass is 9.92. The molecule has 3 N–H and O–H groups in total. The number of amides is 1. The zero-order chi connectivity index (χ0) is 13.4. The molecule has 0 aromatic carbocycles. The van der Waals surface area contributed by atoms with Crippen molar-refractivity contribution in [2.75, 3.05) is 6.61 Å². The molecule has 0 aromatic heterocycles. The highest BCUT2D eigenvalue weighted by atomic mass is 16.5. The summed E-state index contributed by atoms with van der Waals surface area (Å²) in [4.78, 5) is 12.0. The van der Waals surface area contributed by atoms with Crippen LogP contribution in [0.2, 0.25) is 0 Å². The van der Waals surface area contributed by atoms with Crippen molar-refractivity contribution in [3.63, 3.8) is 0 Å². The van der Waals surface area contributed by atoms with Crippen LogP contribution in [-0.2, 0) is 9.53 Å². The van der Waals surface area contributed by atoms with Crippen molar-refractivity contribution in [1.82, 2.24) is 5.32 Å². The quantitative estimate of drug-likeness (QED) is 0.691. The number of carbonyl (C=O) groups excluding carboxylic acids is 1. The Balaban J connectivity index is 2.05. The Morgan fingerprint density at radius 2 is 1.94 bits per heavy atom. The van der Waals surface area contributed by atoms with Gasteiger partial charge in [0.05, 0.1) is 12.2 Å². The third kappa shape index (κ3) is 3.04. The van der Waals surface area contributed by atoms with Gasteiger partial charge in [0.2, 0.25) is 5.91 Å². The van der Waals surface area contributed by atoms with Crippen LogP contribution in [0, 0.1) is 5.92 Å². The molecular weight excluding hydrogens is 228 g/mol. The Morgan fingerprint density at radius 1 is 1.33 bits per heavy atom. The molecule has 4 nitrogen and oxygen atoms in total. The van der Waals surface area contributed by atoms with Crippen LogP contribution in [-0.4, -0.2) is 29.7 Å². The SMILES string of the molecule is CCC(C)(C)OCC(NC1CC1)(C(N)=O)C1CC1. The van der Waals surface area contributed by atoms with Crippen LogP contribution in [0.5, 0.6) is 0 Å². The second-order valence-corrected chi connectivity index (χ2v) is 6.43. The third-order valence-corrected chi connectivity index (χ3v) is 4.30. The van der Waals surface area contributed by atoms with Gasteiger partial charge in [0.25, 0.3) is 0 Å². The average Bonchev–Trinajstić information content (AvgIpc) is 3.14. The van der Waals surface area contributed by atoms with E-state index >= 15 is 0 Å². The van der Waals surface area contributed by atoms with Gasteiger partial charge in [-0.3, -0.25) is 10.1 Å². The predicted molar refractivity (Wildman–Crippen MR) is 71.1 cm³/mol. The maximum absolute atomic E-state index is 12.0. The maximum Gasteiger partial charge on any atom is 0.240 e.